The lowest BCUT2D eigenvalue weighted by molar-refractivity contribution is 0.260. The zero-order valence-corrected chi connectivity index (χ0v) is 9.20. The molecular formula is C11H16ClNO2. The van der Waals surface area contributed by atoms with Gasteiger partial charge in [0.25, 0.3) is 0 Å². The fourth-order valence-electron chi connectivity index (χ4n) is 1.87. The highest BCUT2D eigenvalue weighted by atomic mass is 35.5. The summed E-state index contributed by atoms with van der Waals surface area (Å²) < 4.78 is 0. The first-order valence-electron chi connectivity index (χ1n) is 4.96. The molecule has 0 radical (unpaired) electrons. The minimum absolute atomic E-state index is 0. The monoisotopic (exact) mass is 229 g/mol. The van der Waals surface area contributed by atoms with Gasteiger partial charge in [-0.3, -0.25) is 0 Å². The predicted molar refractivity (Wildman–Crippen MR) is 61.3 cm³/mol. The van der Waals surface area contributed by atoms with Gasteiger partial charge in [0.2, 0.25) is 0 Å². The summed E-state index contributed by atoms with van der Waals surface area (Å²) in [7, 11) is 0. The molecule has 4 N–H and O–H groups in total. The van der Waals surface area contributed by atoms with Crippen LogP contribution in [-0.4, -0.2) is 10.2 Å². The molecule has 2 rings (SSSR count). The maximum absolute atomic E-state index is 9.59. The van der Waals surface area contributed by atoms with Gasteiger partial charge < -0.3 is 15.9 Å². The number of halogens is 1. The Morgan fingerprint density at radius 2 is 1.93 bits per heavy atom. The first-order chi connectivity index (χ1) is 6.68. The van der Waals surface area contributed by atoms with Gasteiger partial charge in [-0.2, -0.15) is 0 Å². The van der Waals surface area contributed by atoms with E-state index in [0.717, 1.165) is 18.4 Å². The first-order valence-corrected chi connectivity index (χ1v) is 4.96. The Morgan fingerprint density at radius 1 is 1.27 bits per heavy atom. The Hall–Kier alpha value is -0.930. The summed E-state index contributed by atoms with van der Waals surface area (Å²) in [5.74, 6) is 0.668. The van der Waals surface area contributed by atoms with Gasteiger partial charge in [0.15, 0.2) is 0 Å². The lowest BCUT2D eigenvalue weighted by atomic mass is 9.77. The summed E-state index contributed by atoms with van der Waals surface area (Å²) in [6.45, 7) is 0. The highest BCUT2D eigenvalue weighted by Crippen LogP contribution is 2.39. The van der Waals surface area contributed by atoms with Crippen LogP contribution in [0, 0.1) is 5.92 Å². The van der Waals surface area contributed by atoms with Gasteiger partial charge in [0, 0.05) is 17.7 Å². The summed E-state index contributed by atoms with van der Waals surface area (Å²) >= 11 is 0. The maximum Gasteiger partial charge on any atom is 0.124 e. The fraction of sp³-hybridized carbons (Fsp3) is 0.455. The van der Waals surface area contributed by atoms with Crippen LogP contribution in [0.4, 0.5) is 0 Å². The lowest BCUT2D eigenvalue weighted by Gasteiger charge is -2.31. The molecule has 0 amide bonds. The van der Waals surface area contributed by atoms with E-state index in [1.165, 1.54) is 12.5 Å². The Bertz CT molecular complexity index is 339. The molecule has 84 valence electrons. The molecule has 0 spiro atoms. The molecule has 1 aliphatic carbocycles. The smallest absolute Gasteiger partial charge is 0.124 e. The van der Waals surface area contributed by atoms with E-state index in [0.29, 0.717) is 5.92 Å². The zero-order valence-electron chi connectivity index (χ0n) is 8.39. The van der Waals surface area contributed by atoms with Gasteiger partial charge in [0.05, 0.1) is 0 Å². The van der Waals surface area contributed by atoms with Crippen molar-refractivity contribution in [2.45, 2.75) is 25.3 Å². The molecule has 1 aromatic rings. The maximum atomic E-state index is 9.59. The molecule has 0 aromatic heterocycles. The van der Waals surface area contributed by atoms with Crippen LogP contribution in [0.1, 0.15) is 30.9 Å². The highest BCUT2D eigenvalue weighted by molar-refractivity contribution is 5.85. The Labute approximate surface area is 95.3 Å². The average Bonchev–Trinajstić information content (AvgIpc) is 2.00. The van der Waals surface area contributed by atoms with E-state index in [4.69, 9.17) is 10.8 Å². The van der Waals surface area contributed by atoms with E-state index in [1.807, 2.05) is 0 Å². The molecule has 1 atom stereocenters. The minimum atomic E-state index is -0.0932. The molecule has 0 bridgehead atoms. The second-order valence-corrected chi connectivity index (χ2v) is 3.96. The first kappa shape index (κ1) is 12.1. The lowest BCUT2D eigenvalue weighted by Crippen LogP contribution is -2.26. The van der Waals surface area contributed by atoms with Crippen molar-refractivity contribution < 1.29 is 10.2 Å². The molecule has 0 unspecified atom stereocenters. The second-order valence-electron chi connectivity index (χ2n) is 3.96. The number of nitrogens with two attached hydrogens (primary N) is 1. The molecule has 3 nitrogen and oxygen atoms in total. The van der Waals surface area contributed by atoms with Crippen molar-refractivity contribution in [2.75, 3.05) is 0 Å². The predicted octanol–water partition coefficient (Wildman–Crippen LogP) is 2.32. The molecule has 1 fully saturated rings. The van der Waals surface area contributed by atoms with Crippen molar-refractivity contribution in [1.29, 1.82) is 0 Å². The Balaban J connectivity index is 0.00000112. The van der Waals surface area contributed by atoms with Crippen molar-refractivity contribution in [2.24, 2.45) is 11.7 Å². The van der Waals surface area contributed by atoms with E-state index < -0.39 is 0 Å². The molecule has 0 aliphatic heterocycles. The van der Waals surface area contributed by atoms with Crippen LogP contribution in [0.2, 0.25) is 0 Å². The largest absolute Gasteiger partial charge is 0.508 e. The van der Waals surface area contributed by atoms with E-state index in [-0.39, 0.29) is 29.9 Å². The third kappa shape index (κ3) is 2.36. The topological polar surface area (TPSA) is 66.5 Å². The number of hydrogen-bond donors (Lipinski definition) is 3. The van der Waals surface area contributed by atoms with Crippen LogP contribution in [0.15, 0.2) is 18.2 Å². The summed E-state index contributed by atoms with van der Waals surface area (Å²) in [4.78, 5) is 0. The average molecular weight is 230 g/mol. The van der Waals surface area contributed by atoms with Crippen LogP contribution >= 0.6 is 12.4 Å². The second kappa shape index (κ2) is 4.73. The molecule has 0 saturated heterocycles. The molecule has 1 aromatic carbocycles. The van der Waals surface area contributed by atoms with Gasteiger partial charge in [-0.15, -0.1) is 12.4 Å². The standard InChI is InChI=1S/C11H15NO2.ClH/c12-11(7-2-1-3-7)9-5-4-8(13)6-10(9)14;/h4-7,11,13-14H,1-3,12H2;1H/t11-;/m1./s1. The van der Waals surface area contributed by atoms with Crippen LogP contribution in [0.3, 0.4) is 0 Å². The van der Waals surface area contributed by atoms with Gasteiger partial charge >= 0.3 is 0 Å². The Morgan fingerprint density at radius 3 is 2.40 bits per heavy atom. The van der Waals surface area contributed by atoms with Crippen molar-refractivity contribution in [3.63, 3.8) is 0 Å². The van der Waals surface area contributed by atoms with E-state index in [1.54, 1.807) is 12.1 Å². The van der Waals surface area contributed by atoms with E-state index in [2.05, 4.69) is 0 Å². The number of aromatic hydroxyl groups is 2. The summed E-state index contributed by atoms with van der Waals surface area (Å²) in [6.07, 6.45) is 3.51. The van der Waals surface area contributed by atoms with Crippen LogP contribution in [-0.2, 0) is 0 Å². The normalized spacial score (nSPS) is 17.7. The molecule has 0 heterocycles. The molecule has 1 saturated carbocycles. The zero-order chi connectivity index (χ0) is 10.1. The summed E-state index contributed by atoms with van der Waals surface area (Å²) in [5, 5.41) is 18.7. The van der Waals surface area contributed by atoms with Gasteiger partial charge in [-0.25, -0.2) is 0 Å². The minimum Gasteiger partial charge on any atom is -0.508 e. The van der Waals surface area contributed by atoms with Crippen LogP contribution in [0.5, 0.6) is 11.5 Å². The number of hydrogen-bond acceptors (Lipinski definition) is 3. The molecule has 15 heavy (non-hydrogen) atoms. The number of phenolic OH excluding ortho intramolecular Hbond substituents is 2. The van der Waals surface area contributed by atoms with E-state index >= 15 is 0 Å². The molecule has 4 heteroatoms. The number of rotatable bonds is 2. The number of phenols is 2. The third-order valence-corrected chi connectivity index (χ3v) is 3.03. The van der Waals surface area contributed by atoms with Crippen LogP contribution in [0.25, 0.3) is 0 Å². The molecular weight excluding hydrogens is 214 g/mol. The summed E-state index contributed by atoms with van der Waals surface area (Å²) in [5.41, 5.74) is 6.75. The van der Waals surface area contributed by atoms with Crippen molar-refractivity contribution in [3.8, 4) is 11.5 Å². The Kier molecular flexibility index (Phi) is 3.83. The van der Waals surface area contributed by atoms with Gasteiger partial charge in [0.1, 0.15) is 11.5 Å². The van der Waals surface area contributed by atoms with Crippen molar-refractivity contribution in [1.82, 2.24) is 0 Å². The van der Waals surface area contributed by atoms with Crippen molar-refractivity contribution in [3.05, 3.63) is 23.8 Å². The quantitative estimate of drug-likeness (QED) is 0.729. The number of benzene rings is 1. The molecule has 1 aliphatic rings. The third-order valence-electron chi connectivity index (χ3n) is 3.03. The van der Waals surface area contributed by atoms with E-state index in [9.17, 15) is 5.11 Å². The fourth-order valence-corrected chi connectivity index (χ4v) is 1.87. The highest BCUT2D eigenvalue weighted by Gasteiger charge is 2.27. The van der Waals surface area contributed by atoms with Gasteiger partial charge in [-0.1, -0.05) is 12.5 Å². The van der Waals surface area contributed by atoms with Gasteiger partial charge in [-0.05, 0) is 24.8 Å². The van der Waals surface area contributed by atoms with Crippen LogP contribution < -0.4 is 5.73 Å². The summed E-state index contributed by atoms with van der Waals surface area (Å²) in [6, 6.07) is 4.51. The SMILES string of the molecule is Cl.N[C@@H](c1ccc(O)cc1O)C1CCC1. The van der Waals surface area contributed by atoms with Crippen molar-refractivity contribution >= 4 is 12.4 Å².